The summed E-state index contributed by atoms with van der Waals surface area (Å²) in [4.78, 5) is 11.8. The SMILES string of the molecule is COc1ccc(CS[C@@H]2C[C@@H](Cn3nnc(C(N)=O)c3N)N(S(=O)(=O)c3ccc4ccccc4c3)C2)cc1. The molecule has 0 radical (unpaired) electrons. The number of hydrogen-bond donors (Lipinski definition) is 2. The zero-order valence-electron chi connectivity index (χ0n) is 20.7. The molecular formula is C26H28N6O4S2. The van der Waals surface area contributed by atoms with E-state index in [0.29, 0.717) is 13.0 Å². The summed E-state index contributed by atoms with van der Waals surface area (Å²) in [5.41, 5.74) is 12.4. The van der Waals surface area contributed by atoms with Gasteiger partial charge in [-0.05, 0) is 47.0 Å². The molecule has 12 heteroatoms. The number of thioether (sulfide) groups is 1. The molecule has 2 heterocycles. The number of amides is 1. The Hall–Kier alpha value is -3.61. The minimum absolute atomic E-state index is 0.0230. The van der Waals surface area contributed by atoms with Crippen molar-refractivity contribution in [2.24, 2.45) is 5.73 Å². The summed E-state index contributed by atoms with van der Waals surface area (Å²) >= 11 is 1.70. The Bertz CT molecular complexity index is 1570. The topological polar surface area (TPSA) is 146 Å². The van der Waals surface area contributed by atoms with E-state index >= 15 is 0 Å². The number of nitrogens with zero attached hydrogens (tertiary/aromatic N) is 4. The highest BCUT2D eigenvalue weighted by molar-refractivity contribution is 7.99. The molecule has 4 aromatic rings. The van der Waals surface area contributed by atoms with Crippen LogP contribution >= 0.6 is 11.8 Å². The number of aromatic nitrogens is 3. The van der Waals surface area contributed by atoms with Gasteiger partial charge in [-0.1, -0.05) is 47.7 Å². The maximum absolute atomic E-state index is 13.9. The first kappa shape index (κ1) is 26.0. The summed E-state index contributed by atoms with van der Waals surface area (Å²) in [6, 6.07) is 20.2. The average Bonchev–Trinajstić information content (AvgIpc) is 3.51. The van der Waals surface area contributed by atoms with E-state index in [1.54, 1.807) is 31.0 Å². The van der Waals surface area contributed by atoms with Crippen LogP contribution in [0.25, 0.3) is 10.8 Å². The summed E-state index contributed by atoms with van der Waals surface area (Å²) in [6.45, 7) is 0.483. The lowest BCUT2D eigenvalue weighted by atomic mass is 10.1. The summed E-state index contributed by atoms with van der Waals surface area (Å²) in [6.07, 6.45) is 0.582. The van der Waals surface area contributed by atoms with Crippen molar-refractivity contribution >= 4 is 44.3 Å². The molecule has 38 heavy (non-hydrogen) atoms. The number of nitrogens with two attached hydrogens (primary N) is 2. The Morgan fingerprint density at radius 3 is 2.53 bits per heavy atom. The third kappa shape index (κ3) is 5.19. The monoisotopic (exact) mass is 552 g/mol. The van der Waals surface area contributed by atoms with Gasteiger partial charge in [-0.15, -0.1) is 5.10 Å². The lowest BCUT2D eigenvalue weighted by Gasteiger charge is -2.24. The van der Waals surface area contributed by atoms with Crippen molar-refractivity contribution in [3.8, 4) is 5.75 Å². The molecule has 1 aromatic heterocycles. The van der Waals surface area contributed by atoms with E-state index in [1.165, 1.54) is 8.99 Å². The lowest BCUT2D eigenvalue weighted by molar-refractivity contribution is 0.0996. The van der Waals surface area contributed by atoms with Gasteiger partial charge in [0, 0.05) is 23.6 Å². The standard InChI is InChI=1S/C26H28N6O4S2/c1-36-21-9-6-17(7-10-21)16-37-22-13-20(14-31-25(27)24(26(28)33)29-30-31)32(15-22)38(34,35)23-11-8-18-4-2-3-5-19(18)12-23/h2-12,20,22H,13-16,27H2,1H3,(H2,28,33)/t20-,22+/m0/s1. The molecule has 0 saturated carbocycles. The number of fused-ring (bicyclic) bond motifs is 1. The molecule has 198 valence electrons. The number of ether oxygens (including phenoxy) is 1. The van der Waals surface area contributed by atoms with Gasteiger partial charge in [-0.3, -0.25) is 4.79 Å². The number of methoxy groups -OCH3 is 1. The maximum Gasteiger partial charge on any atom is 0.273 e. The molecule has 1 saturated heterocycles. The van der Waals surface area contributed by atoms with Crippen molar-refractivity contribution in [2.75, 3.05) is 19.4 Å². The molecule has 4 N–H and O–H groups in total. The van der Waals surface area contributed by atoms with Gasteiger partial charge in [0.15, 0.2) is 11.5 Å². The van der Waals surface area contributed by atoms with Gasteiger partial charge in [0.2, 0.25) is 10.0 Å². The van der Waals surface area contributed by atoms with E-state index in [2.05, 4.69) is 10.3 Å². The number of nitrogen functional groups attached to an aromatic ring is 1. The quantitative estimate of drug-likeness (QED) is 0.322. The van der Waals surface area contributed by atoms with Gasteiger partial charge in [0.05, 0.1) is 18.6 Å². The molecule has 3 aromatic carbocycles. The molecule has 1 fully saturated rings. The smallest absolute Gasteiger partial charge is 0.273 e. The number of hydrogen-bond acceptors (Lipinski definition) is 8. The second kappa shape index (κ2) is 10.6. The van der Waals surface area contributed by atoms with Crippen molar-refractivity contribution in [1.29, 1.82) is 0 Å². The predicted molar refractivity (Wildman–Crippen MR) is 147 cm³/mol. The lowest BCUT2D eigenvalue weighted by Crippen LogP contribution is -2.38. The van der Waals surface area contributed by atoms with E-state index < -0.39 is 22.0 Å². The van der Waals surface area contributed by atoms with E-state index in [4.69, 9.17) is 16.2 Å². The van der Waals surface area contributed by atoms with E-state index in [9.17, 15) is 13.2 Å². The van der Waals surface area contributed by atoms with Crippen LogP contribution in [0.3, 0.4) is 0 Å². The van der Waals surface area contributed by atoms with Crippen LogP contribution in [-0.2, 0) is 22.3 Å². The average molecular weight is 553 g/mol. The summed E-state index contributed by atoms with van der Waals surface area (Å²) in [7, 11) is -2.21. The number of carbonyl (C=O) groups is 1. The second-order valence-electron chi connectivity index (χ2n) is 9.12. The third-order valence-electron chi connectivity index (χ3n) is 6.69. The van der Waals surface area contributed by atoms with Crippen LogP contribution in [0.15, 0.2) is 71.6 Å². The molecule has 1 amide bonds. The van der Waals surface area contributed by atoms with Gasteiger partial charge in [0.25, 0.3) is 5.91 Å². The zero-order chi connectivity index (χ0) is 26.9. The molecule has 10 nitrogen and oxygen atoms in total. The maximum atomic E-state index is 13.9. The fraction of sp³-hybridized carbons (Fsp3) is 0.269. The van der Waals surface area contributed by atoms with Crippen LogP contribution in [0, 0.1) is 0 Å². The van der Waals surface area contributed by atoms with Crippen LogP contribution in [0.2, 0.25) is 0 Å². The van der Waals surface area contributed by atoms with Crippen molar-refractivity contribution in [2.45, 2.75) is 34.9 Å². The summed E-state index contributed by atoms with van der Waals surface area (Å²) in [5, 5.41) is 9.59. The largest absolute Gasteiger partial charge is 0.497 e. The molecule has 1 aliphatic heterocycles. The predicted octanol–water partition coefficient (Wildman–Crippen LogP) is 2.89. The van der Waals surface area contributed by atoms with Gasteiger partial charge >= 0.3 is 0 Å². The third-order valence-corrected chi connectivity index (χ3v) is 9.92. The first-order valence-electron chi connectivity index (χ1n) is 12.0. The highest BCUT2D eigenvalue weighted by Gasteiger charge is 2.41. The first-order valence-corrected chi connectivity index (χ1v) is 14.5. The number of anilines is 1. The van der Waals surface area contributed by atoms with Crippen molar-refractivity contribution in [3.05, 3.63) is 78.0 Å². The van der Waals surface area contributed by atoms with Gasteiger partial charge in [-0.25, -0.2) is 13.1 Å². The Labute approximate surface area is 225 Å². The molecule has 0 bridgehead atoms. The molecule has 1 aliphatic rings. The van der Waals surface area contributed by atoms with Crippen LogP contribution in [0.4, 0.5) is 5.82 Å². The van der Waals surface area contributed by atoms with Crippen LogP contribution in [-0.4, -0.2) is 58.6 Å². The Balaban J connectivity index is 1.41. The minimum Gasteiger partial charge on any atom is -0.497 e. The van der Waals surface area contributed by atoms with Crippen LogP contribution < -0.4 is 16.2 Å². The Morgan fingerprint density at radius 2 is 1.84 bits per heavy atom. The molecule has 0 unspecified atom stereocenters. The van der Waals surface area contributed by atoms with Crippen molar-refractivity contribution < 1.29 is 17.9 Å². The zero-order valence-corrected chi connectivity index (χ0v) is 22.4. The molecular weight excluding hydrogens is 524 g/mol. The van der Waals surface area contributed by atoms with Gasteiger partial charge < -0.3 is 16.2 Å². The molecule has 2 atom stereocenters. The van der Waals surface area contributed by atoms with Gasteiger partial charge in [-0.2, -0.15) is 16.1 Å². The number of benzene rings is 3. The number of primary amides is 1. The second-order valence-corrected chi connectivity index (χ2v) is 12.3. The van der Waals surface area contributed by atoms with E-state index in [-0.39, 0.29) is 28.2 Å². The molecule has 0 aliphatic carbocycles. The molecule has 0 spiro atoms. The number of carbonyl (C=O) groups excluding carboxylic acids is 1. The van der Waals surface area contributed by atoms with Gasteiger partial charge in [0.1, 0.15) is 5.75 Å². The summed E-state index contributed by atoms with van der Waals surface area (Å²) in [5.74, 6) is 0.749. The fourth-order valence-electron chi connectivity index (χ4n) is 4.66. The normalized spacial score (nSPS) is 18.1. The highest BCUT2D eigenvalue weighted by atomic mass is 32.2. The number of sulfonamides is 1. The minimum atomic E-state index is -3.84. The Morgan fingerprint density at radius 1 is 1.11 bits per heavy atom. The van der Waals surface area contributed by atoms with E-state index in [1.807, 2.05) is 54.6 Å². The number of rotatable bonds is 9. The molecule has 5 rings (SSSR count). The first-order chi connectivity index (χ1) is 18.3. The Kier molecular flexibility index (Phi) is 7.28. The highest BCUT2D eigenvalue weighted by Crippen LogP contribution is 2.35. The van der Waals surface area contributed by atoms with E-state index in [0.717, 1.165) is 27.8 Å². The van der Waals surface area contributed by atoms with Crippen molar-refractivity contribution in [1.82, 2.24) is 19.3 Å². The van der Waals surface area contributed by atoms with Crippen LogP contribution in [0.1, 0.15) is 22.5 Å². The van der Waals surface area contributed by atoms with Crippen molar-refractivity contribution in [3.63, 3.8) is 0 Å². The van der Waals surface area contributed by atoms with Crippen LogP contribution in [0.5, 0.6) is 5.75 Å². The summed E-state index contributed by atoms with van der Waals surface area (Å²) < 4.78 is 35.9. The fourth-order valence-corrected chi connectivity index (χ4v) is 7.70.